The maximum absolute atomic E-state index is 5.88. The van der Waals surface area contributed by atoms with E-state index in [2.05, 4.69) is 42.0 Å². The molecule has 1 rings (SSSR count). The van der Waals surface area contributed by atoms with Gasteiger partial charge >= 0.3 is 0 Å². The molecule has 0 saturated heterocycles. The third-order valence-corrected chi connectivity index (χ3v) is 3.50. The van der Waals surface area contributed by atoms with Crippen molar-refractivity contribution in [3.05, 3.63) is 28.7 Å². The fourth-order valence-electron chi connectivity index (χ4n) is 1.71. The van der Waals surface area contributed by atoms with Crippen LogP contribution in [0.5, 0.6) is 5.75 Å². The summed E-state index contributed by atoms with van der Waals surface area (Å²) in [6.07, 6.45) is 2.51. The van der Waals surface area contributed by atoms with E-state index in [0.29, 0.717) is 6.04 Å². The number of nitrogens with one attached hydrogen (secondary N) is 1. The number of rotatable bonds is 7. The molecule has 0 aliphatic heterocycles. The predicted octanol–water partition coefficient (Wildman–Crippen LogP) is 3.99. The maximum Gasteiger partial charge on any atom is 0.133 e. The Morgan fingerprint density at radius 1 is 1.24 bits per heavy atom. The van der Waals surface area contributed by atoms with E-state index in [-0.39, 0.29) is 6.10 Å². The van der Waals surface area contributed by atoms with Gasteiger partial charge in [0.1, 0.15) is 11.9 Å². The topological polar surface area (TPSA) is 21.3 Å². The average molecular weight is 300 g/mol. The molecule has 0 heterocycles. The Morgan fingerprint density at radius 3 is 2.47 bits per heavy atom. The highest BCUT2D eigenvalue weighted by Gasteiger charge is 2.09. The van der Waals surface area contributed by atoms with E-state index >= 15 is 0 Å². The average Bonchev–Trinajstić information content (AvgIpc) is 2.33. The highest BCUT2D eigenvalue weighted by Crippen LogP contribution is 2.24. The lowest BCUT2D eigenvalue weighted by atomic mass is 10.1. The number of halogens is 1. The van der Waals surface area contributed by atoms with Crippen molar-refractivity contribution in [3.63, 3.8) is 0 Å². The summed E-state index contributed by atoms with van der Waals surface area (Å²) in [5.41, 5.74) is 0. The monoisotopic (exact) mass is 299 g/mol. The van der Waals surface area contributed by atoms with Gasteiger partial charge in [0.15, 0.2) is 0 Å². The van der Waals surface area contributed by atoms with Crippen LogP contribution in [-0.2, 0) is 0 Å². The normalized spacial score (nSPS) is 12.8. The summed E-state index contributed by atoms with van der Waals surface area (Å²) in [5, 5.41) is 3.52. The molecule has 0 amide bonds. The van der Waals surface area contributed by atoms with Gasteiger partial charge in [0.2, 0.25) is 0 Å². The predicted molar refractivity (Wildman–Crippen MR) is 76.6 cm³/mol. The Hall–Kier alpha value is -0.540. The summed E-state index contributed by atoms with van der Waals surface area (Å²) in [6, 6.07) is 8.56. The first-order valence-electron chi connectivity index (χ1n) is 6.31. The van der Waals surface area contributed by atoms with Gasteiger partial charge in [-0.2, -0.15) is 0 Å². The Morgan fingerprint density at radius 2 is 1.88 bits per heavy atom. The van der Waals surface area contributed by atoms with Crippen LogP contribution < -0.4 is 10.1 Å². The number of ether oxygens (including phenoxy) is 1. The molecule has 96 valence electrons. The lowest BCUT2D eigenvalue weighted by molar-refractivity contribution is 0.209. The third-order valence-electron chi connectivity index (χ3n) is 2.84. The van der Waals surface area contributed by atoms with Crippen LogP contribution in [0.3, 0.4) is 0 Å². The molecule has 1 unspecified atom stereocenters. The van der Waals surface area contributed by atoms with Crippen molar-refractivity contribution in [2.24, 2.45) is 0 Å². The molecular formula is C14H22BrNO. The molecule has 17 heavy (non-hydrogen) atoms. The first-order valence-corrected chi connectivity index (χ1v) is 7.11. The Kier molecular flexibility index (Phi) is 6.60. The molecule has 1 aromatic rings. The Balaban J connectivity index is 2.39. The third kappa shape index (κ3) is 5.09. The lowest BCUT2D eigenvalue weighted by Crippen LogP contribution is -2.36. The second kappa shape index (κ2) is 7.72. The van der Waals surface area contributed by atoms with Gasteiger partial charge in [-0.1, -0.05) is 26.0 Å². The minimum Gasteiger partial charge on any atom is -0.488 e. The van der Waals surface area contributed by atoms with E-state index in [9.17, 15) is 0 Å². The van der Waals surface area contributed by atoms with Crippen LogP contribution >= 0.6 is 15.9 Å². The van der Waals surface area contributed by atoms with Gasteiger partial charge in [0.05, 0.1) is 4.47 Å². The SMILES string of the molecule is CCC(CC)NCC(C)Oc1ccccc1Br. The molecule has 0 radical (unpaired) electrons. The fraction of sp³-hybridized carbons (Fsp3) is 0.571. The molecule has 0 aliphatic rings. The van der Waals surface area contributed by atoms with Crippen molar-refractivity contribution in [2.45, 2.75) is 45.8 Å². The fourth-order valence-corrected chi connectivity index (χ4v) is 2.09. The molecular weight excluding hydrogens is 278 g/mol. The molecule has 0 aliphatic carbocycles. The van der Waals surface area contributed by atoms with Crippen LogP contribution in [0, 0.1) is 0 Å². The van der Waals surface area contributed by atoms with Crippen molar-refractivity contribution in [2.75, 3.05) is 6.54 Å². The summed E-state index contributed by atoms with van der Waals surface area (Å²) in [5.74, 6) is 0.909. The molecule has 0 saturated carbocycles. The number of hydrogen-bond donors (Lipinski definition) is 1. The van der Waals surface area contributed by atoms with Gasteiger partial charge in [-0.15, -0.1) is 0 Å². The summed E-state index contributed by atoms with van der Waals surface area (Å²) in [7, 11) is 0. The van der Waals surface area contributed by atoms with Crippen LogP contribution in [-0.4, -0.2) is 18.7 Å². The van der Waals surface area contributed by atoms with Crippen LogP contribution in [0.1, 0.15) is 33.6 Å². The minimum absolute atomic E-state index is 0.175. The second-order valence-electron chi connectivity index (χ2n) is 4.28. The van der Waals surface area contributed by atoms with Crippen molar-refractivity contribution in [3.8, 4) is 5.75 Å². The standard InChI is InChI=1S/C14H22BrNO/c1-4-12(5-2)16-10-11(3)17-14-9-7-6-8-13(14)15/h6-9,11-12,16H,4-5,10H2,1-3H3. The summed E-state index contributed by atoms with van der Waals surface area (Å²) in [4.78, 5) is 0. The number of hydrogen-bond acceptors (Lipinski definition) is 2. The first kappa shape index (κ1) is 14.5. The Labute approximate surface area is 113 Å². The van der Waals surface area contributed by atoms with Crippen LogP contribution in [0.4, 0.5) is 0 Å². The smallest absolute Gasteiger partial charge is 0.133 e. The van der Waals surface area contributed by atoms with Gasteiger partial charge < -0.3 is 10.1 Å². The summed E-state index contributed by atoms with van der Waals surface area (Å²) in [6.45, 7) is 7.39. The van der Waals surface area contributed by atoms with Crippen molar-refractivity contribution in [1.29, 1.82) is 0 Å². The van der Waals surface area contributed by atoms with Crippen LogP contribution in [0.2, 0.25) is 0 Å². The zero-order valence-corrected chi connectivity index (χ0v) is 12.5. The van der Waals surface area contributed by atoms with Gasteiger partial charge in [0, 0.05) is 12.6 Å². The molecule has 1 N–H and O–H groups in total. The summed E-state index contributed by atoms with van der Waals surface area (Å²) < 4.78 is 6.88. The zero-order valence-electron chi connectivity index (χ0n) is 10.9. The van der Waals surface area contributed by atoms with E-state index in [4.69, 9.17) is 4.74 Å². The molecule has 3 heteroatoms. The highest BCUT2D eigenvalue weighted by molar-refractivity contribution is 9.10. The van der Waals surface area contributed by atoms with Crippen molar-refractivity contribution in [1.82, 2.24) is 5.32 Å². The largest absolute Gasteiger partial charge is 0.488 e. The molecule has 2 nitrogen and oxygen atoms in total. The zero-order chi connectivity index (χ0) is 12.7. The van der Waals surface area contributed by atoms with Crippen LogP contribution in [0.15, 0.2) is 28.7 Å². The van der Waals surface area contributed by atoms with E-state index in [1.54, 1.807) is 0 Å². The maximum atomic E-state index is 5.88. The molecule has 0 bridgehead atoms. The van der Waals surface area contributed by atoms with E-state index < -0.39 is 0 Å². The van der Waals surface area contributed by atoms with E-state index in [1.165, 1.54) is 0 Å². The van der Waals surface area contributed by atoms with Gasteiger partial charge in [-0.3, -0.25) is 0 Å². The van der Waals surface area contributed by atoms with Gasteiger partial charge in [-0.25, -0.2) is 0 Å². The lowest BCUT2D eigenvalue weighted by Gasteiger charge is -2.20. The summed E-state index contributed by atoms with van der Waals surface area (Å²) >= 11 is 3.49. The van der Waals surface area contributed by atoms with Gasteiger partial charge in [0.25, 0.3) is 0 Å². The van der Waals surface area contributed by atoms with Gasteiger partial charge in [-0.05, 0) is 47.8 Å². The first-order chi connectivity index (χ1) is 8.17. The van der Waals surface area contributed by atoms with E-state index in [0.717, 1.165) is 29.6 Å². The van der Waals surface area contributed by atoms with Crippen molar-refractivity contribution < 1.29 is 4.74 Å². The molecule has 0 aromatic heterocycles. The van der Waals surface area contributed by atoms with Crippen LogP contribution in [0.25, 0.3) is 0 Å². The highest BCUT2D eigenvalue weighted by atomic mass is 79.9. The second-order valence-corrected chi connectivity index (χ2v) is 5.13. The number of benzene rings is 1. The van der Waals surface area contributed by atoms with Crippen molar-refractivity contribution >= 4 is 15.9 Å². The number of para-hydroxylation sites is 1. The quantitative estimate of drug-likeness (QED) is 0.822. The molecule has 1 atom stereocenters. The molecule has 0 fully saturated rings. The Bertz CT molecular complexity index is 326. The molecule has 1 aromatic carbocycles. The minimum atomic E-state index is 0.175. The molecule has 0 spiro atoms. The van der Waals surface area contributed by atoms with E-state index in [1.807, 2.05) is 24.3 Å².